The molecule has 0 bridgehead atoms. The topological polar surface area (TPSA) is 64.1 Å². The number of carbonyl (C=O) groups is 1. The average molecular weight is 363 g/mol. The number of halogens is 1. The Balaban J connectivity index is 3.41. The number of ether oxygens (including phenoxy) is 1. The van der Waals surface area contributed by atoms with Crippen LogP contribution in [0.1, 0.15) is 44.0 Å². The van der Waals surface area contributed by atoms with E-state index in [1.807, 2.05) is 27.7 Å². The fraction of sp³-hybridized carbons (Fsp3) is 0.583. The van der Waals surface area contributed by atoms with Gasteiger partial charge in [-0.15, -0.1) is 0 Å². The van der Waals surface area contributed by atoms with E-state index in [0.717, 1.165) is 15.8 Å². The lowest BCUT2D eigenvalue weighted by molar-refractivity contribution is 0.0586. The molecule has 1 N–H and O–H groups in total. The van der Waals surface area contributed by atoms with Crippen LogP contribution in [0, 0.1) is 3.57 Å². The number of anilines is 1. The standard InChI is InChI=1S/C12H18IN3O2/c1-6-14-9-7(13)8(12(2,3)4)15-10(16-9)11(17)18-5/h6H2,1-5H3,(H,14,15,16). The fourth-order valence-corrected chi connectivity index (χ4v) is 2.65. The molecule has 0 saturated carbocycles. The molecule has 0 fully saturated rings. The van der Waals surface area contributed by atoms with Gasteiger partial charge in [-0.05, 0) is 29.5 Å². The van der Waals surface area contributed by atoms with Crippen LogP contribution in [0.15, 0.2) is 0 Å². The Morgan fingerprint density at radius 2 is 2.00 bits per heavy atom. The van der Waals surface area contributed by atoms with Gasteiger partial charge in [0.1, 0.15) is 5.82 Å². The fourth-order valence-electron chi connectivity index (χ4n) is 1.41. The second-order valence-electron chi connectivity index (χ2n) is 4.83. The first-order chi connectivity index (χ1) is 8.31. The predicted molar refractivity (Wildman–Crippen MR) is 79.0 cm³/mol. The van der Waals surface area contributed by atoms with Crippen LogP contribution in [0.25, 0.3) is 0 Å². The normalized spacial score (nSPS) is 11.2. The van der Waals surface area contributed by atoms with Crippen LogP contribution < -0.4 is 5.32 Å². The zero-order valence-electron chi connectivity index (χ0n) is 11.3. The molecule has 1 heterocycles. The Hall–Kier alpha value is -0.920. The maximum absolute atomic E-state index is 11.6. The van der Waals surface area contributed by atoms with Gasteiger partial charge in [0.25, 0.3) is 0 Å². The van der Waals surface area contributed by atoms with Crippen LogP contribution in [0.5, 0.6) is 0 Å². The summed E-state index contributed by atoms with van der Waals surface area (Å²) in [6.07, 6.45) is 0. The van der Waals surface area contributed by atoms with Crippen molar-refractivity contribution in [3.63, 3.8) is 0 Å². The number of hydrogen-bond acceptors (Lipinski definition) is 5. The first-order valence-corrected chi connectivity index (χ1v) is 6.79. The van der Waals surface area contributed by atoms with Crippen molar-refractivity contribution in [3.05, 3.63) is 15.1 Å². The first kappa shape index (κ1) is 15.1. The van der Waals surface area contributed by atoms with Crippen LogP contribution in [0.3, 0.4) is 0 Å². The van der Waals surface area contributed by atoms with E-state index in [9.17, 15) is 4.79 Å². The highest BCUT2D eigenvalue weighted by molar-refractivity contribution is 14.1. The van der Waals surface area contributed by atoms with E-state index in [1.54, 1.807) is 0 Å². The quantitative estimate of drug-likeness (QED) is 0.661. The summed E-state index contributed by atoms with van der Waals surface area (Å²) in [7, 11) is 1.33. The summed E-state index contributed by atoms with van der Waals surface area (Å²) in [6.45, 7) is 8.86. The van der Waals surface area contributed by atoms with Crippen molar-refractivity contribution in [1.29, 1.82) is 0 Å². The number of aromatic nitrogens is 2. The molecule has 18 heavy (non-hydrogen) atoms. The number of esters is 1. The van der Waals surface area contributed by atoms with E-state index in [1.165, 1.54) is 7.11 Å². The van der Waals surface area contributed by atoms with E-state index in [-0.39, 0.29) is 11.2 Å². The van der Waals surface area contributed by atoms with Gasteiger partial charge >= 0.3 is 5.97 Å². The molecular weight excluding hydrogens is 345 g/mol. The zero-order chi connectivity index (χ0) is 13.9. The molecule has 6 heteroatoms. The van der Waals surface area contributed by atoms with Crippen molar-refractivity contribution in [2.45, 2.75) is 33.1 Å². The van der Waals surface area contributed by atoms with Crippen molar-refractivity contribution in [3.8, 4) is 0 Å². The van der Waals surface area contributed by atoms with E-state index in [0.29, 0.717) is 5.82 Å². The molecule has 0 unspecified atom stereocenters. The van der Waals surface area contributed by atoms with Gasteiger partial charge in [-0.3, -0.25) is 0 Å². The molecule has 100 valence electrons. The van der Waals surface area contributed by atoms with Crippen molar-refractivity contribution < 1.29 is 9.53 Å². The number of rotatable bonds is 3. The second-order valence-corrected chi connectivity index (χ2v) is 5.91. The maximum atomic E-state index is 11.6. The summed E-state index contributed by atoms with van der Waals surface area (Å²) in [5, 5.41) is 3.14. The van der Waals surface area contributed by atoms with Gasteiger partial charge in [-0.1, -0.05) is 20.8 Å². The van der Waals surface area contributed by atoms with E-state index in [4.69, 9.17) is 0 Å². The number of hydrogen-bond donors (Lipinski definition) is 1. The molecule has 1 rings (SSSR count). The molecule has 0 radical (unpaired) electrons. The third kappa shape index (κ3) is 3.30. The molecule has 0 saturated heterocycles. The van der Waals surface area contributed by atoms with Crippen LogP contribution in [0.2, 0.25) is 0 Å². The number of carbonyl (C=O) groups excluding carboxylic acids is 1. The summed E-state index contributed by atoms with van der Waals surface area (Å²) in [5.74, 6) is 0.258. The number of methoxy groups -OCH3 is 1. The van der Waals surface area contributed by atoms with E-state index < -0.39 is 5.97 Å². The molecule has 0 atom stereocenters. The Bertz CT molecular complexity index is 455. The zero-order valence-corrected chi connectivity index (χ0v) is 13.5. The molecule has 0 amide bonds. The van der Waals surface area contributed by atoms with Crippen molar-refractivity contribution in [2.24, 2.45) is 0 Å². The number of nitrogens with one attached hydrogen (secondary N) is 1. The van der Waals surface area contributed by atoms with E-state index >= 15 is 0 Å². The minimum Gasteiger partial charge on any atom is -0.463 e. The monoisotopic (exact) mass is 363 g/mol. The van der Waals surface area contributed by atoms with Crippen molar-refractivity contribution >= 4 is 34.4 Å². The third-order valence-electron chi connectivity index (χ3n) is 2.27. The largest absolute Gasteiger partial charge is 0.463 e. The molecule has 0 spiro atoms. The molecule has 1 aromatic rings. The van der Waals surface area contributed by atoms with Gasteiger partial charge in [-0.25, -0.2) is 14.8 Å². The molecule has 5 nitrogen and oxygen atoms in total. The third-order valence-corrected chi connectivity index (χ3v) is 3.30. The van der Waals surface area contributed by atoms with Gasteiger partial charge in [0.05, 0.1) is 16.4 Å². The van der Waals surface area contributed by atoms with Gasteiger partial charge in [0, 0.05) is 12.0 Å². The van der Waals surface area contributed by atoms with Crippen LogP contribution in [-0.2, 0) is 10.2 Å². The van der Waals surface area contributed by atoms with Crippen LogP contribution >= 0.6 is 22.6 Å². The lowest BCUT2D eigenvalue weighted by atomic mass is 9.92. The van der Waals surface area contributed by atoms with Gasteiger partial charge < -0.3 is 10.1 Å². The van der Waals surface area contributed by atoms with Crippen molar-refractivity contribution in [1.82, 2.24) is 9.97 Å². The summed E-state index contributed by atoms with van der Waals surface area (Å²) in [6, 6.07) is 0. The van der Waals surface area contributed by atoms with Crippen LogP contribution in [0.4, 0.5) is 5.82 Å². The molecule has 1 aromatic heterocycles. The Labute approximate surface area is 121 Å². The highest BCUT2D eigenvalue weighted by Gasteiger charge is 2.25. The second kappa shape index (κ2) is 5.81. The maximum Gasteiger partial charge on any atom is 0.376 e. The summed E-state index contributed by atoms with van der Waals surface area (Å²) in [4.78, 5) is 20.1. The minimum absolute atomic E-state index is 0.0961. The highest BCUT2D eigenvalue weighted by Crippen LogP contribution is 2.29. The molecule has 0 aliphatic heterocycles. The molecule has 0 aliphatic carbocycles. The Kier molecular flexibility index (Phi) is 4.89. The molecule has 0 aliphatic rings. The van der Waals surface area contributed by atoms with E-state index in [2.05, 4.69) is 42.6 Å². The highest BCUT2D eigenvalue weighted by atomic mass is 127. The number of nitrogens with zero attached hydrogens (tertiary/aromatic N) is 2. The lowest BCUT2D eigenvalue weighted by Gasteiger charge is -2.21. The van der Waals surface area contributed by atoms with Crippen LogP contribution in [-0.4, -0.2) is 29.6 Å². The Morgan fingerprint density at radius 3 is 2.44 bits per heavy atom. The summed E-state index contributed by atoms with van der Waals surface area (Å²) >= 11 is 2.20. The van der Waals surface area contributed by atoms with Gasteiger partial charge in [0.2, 0.25) is 5.82 Å². The van der Waals surface area contributed by atoms with Gasteiger partial charge in [0.15, 0.2) is 0 Å². The first-order valence-electron chi connectivity index (χ1n) is 5.71. The summed E-state index contributed by atoms with van der Waals surface area (Å²) in [5.41, 5.74) is 0.682. The average Bonchev–Trinajstić information content (AvgIpc) is 2.29. The lowest BCUT2D eigenvalue weighted by Crippen LogP contribution is -2.22. The summed E-state index contributed by atoms with van der Waals surface area (Å²) < 4.78 is 5.62. The van der Waals surface area contributed by atoms with Gasteiger partial charge in [-0.2, -0.15) is 0 Å². The SMILES string of the molecule is CCNc1nc(C(=O)OC)nc(C(C)(C)C)c1I. The Morgan fingerprint density at radius 1 is 1.39 bits per heavy atom. The predicted octanol–water partition coefficient (Wildman–Crippen LogP) is 2.60. The minimum atomic E-state index is -0.518. The smallest absolute Gasteiger partial charge is 0.376 e. The molecule has 0 aromatic carbocycles. The molecular formula is C12H18IN3O2. The van der Waals surface area contributed by atoms with Crippen molar-refractivity contribution in [2.75, 3.05) is 19.0 Å².